The molecule has 2 atom stereocenters. The van der Waals surface area contributed by atoms with Crippen LogP contribution < -0.4 is 10.2 Å². The van der Waals surface area contributed by atoms with Gasteiger partial charge in [0.25, 0.3) is 5.91 Å². The van der Waals surface area contributed by atoms with Crippen molar-refractivity contribution in [2.45, 2.75) is 31.1 Å². The summed E-state index contributed by atoms with van der Waals surface area (Å²) < 4.78 is 54.8. The molecule has 0 aromatic heterocycles. The molecule has 1 aliphatic heterocycles. The van der Waals surface area contributed by atoms with Crippen LogP contribution in [0.15, 0.2) is 42.5 Å². The summed E-state index contributed by atoms with van der Waals surface area (Å²) >= 11 is 0. The van der Waals surface area contributed by atoms with Gasteiger partial charge in [0.2, 0.25) is 0 Å². The van der Waals surface area contributed by atoms with E-state index in [9.17, 15) is 27.2 Å². The molecular formula is C24H20F4N4O2. The molecule has 0 unspecified atom stereocenters. The van der Waals surface area contributed by atoms with Gasteiger partial charge in [0.15, 0.2) is 5.69 Å². The summed E-state index contributed by atoms with van der Waals surface area (Å²) in [5, 5.41) is 2.37. The molecule has 34 heavy (non-hydrogen) atoms. The average molecular weight is 472 g/mol. The highest BCUT2D eigenvalue weighted by atomic mass is 19.4. The zero-order valence-corrected chi connectivity index (χ0v) is 18.3. The number of hydrogen-bond acceptors (Lipinski definition) is 2. The van der Waals surface area contributed by atoms with Gasteiger partial charge in [0.1, 0.15) is 5.82 Å². The predicted molar refractivity (Wildman–Crippen MR) is 118 cm³/mol. The Morgan fingerprint density at radius 1 is 1.21 bits per heavy atom. The molecule has 1 fully saturated rings. The number of anilines is 1. The second-order valence-corrected chi connectivity index (χ2v) is 8.14. The fourth-order valence-corrected chi connectivity index (χ4v) is 4.54. The molecule has 2 aromatic carbocycles. The van der Waals surface area contributed by atoms with Crippen molar-refractivity contribution < 1.29 is 27.2 Å². The molecule has 1 N–H and O–H groups in total. The number of rotatable bonds is 3. The normalized spacial score (nSPS) is 20.0. The van der Waals surface area contributed by atoms with E-state index in [1.54, 1.807) is 13.1 Å². The Bertz CT molecular complexity index is 1250. The van der Waals surface area contributed by atoms with Gasteiger partial charge in [0.05, 0.1) is 29.8 Å². The lowest BCUT2D eigenvalue weighted by molar-refractivity contribution is -0.136. The topological polar surface area (TPSA) is 57.0 Å². The molecule has 6 nitrogen and oxygen atoms in total. The van der Waals surface area contributed by atoms with E-state index in [2.05, 4.69) is 10.2 Å². The maximum absolute atomic E-state index is 14.5. The number of hydrogen-bond donors (Lipinski definition) is 1. The highest BCUT2D eigenvalue weighted by Crippen LogP contribution is 2.42. The highest BCUT2D eigenvalue weighted by molar-refractivity contribution is 5.97. The van der Waals surface area contributed by atoms with Crippen LogP contribution in [0.2, 0.25) is 0 Å². The first-order chi connectivity index (χ1) is 16.1. The number of carbonyl (C=O) groups is 2. The number of nitrogens with zero attached hydrogens (tertiary/aromatic N) is 3. The van der Waals surface area contributed by atoms with Crippen LogP contribution in [0, 0.1) is 12.4 Å². The predicted octanol–water partition coefficient (Wildman–Crippen LogP) is 5.24. The second-order valence-electron chi connectivity index (χ2n) is 8.14. The summed E-state index contributed by atoms with van der Waals surface area (Å²) in [5.74, 6) is -1.21. The van der Waals surface area contributed by atoms with Crippen LogP contribution in [0.5, 0.6) is 0 Å². The number of urea groups is 1. The Morgan fingerprint density at radius 3 is 2.56 bits per heavy atom. The summed E-state index contributed by atoms with van der Waals surface area (Å²) in [4.78, 5) is 30.5. The SMILES string of the molecule is [C-]#[N+]c1ccc(N2C(=O)N(C)[C@H]3C=C(c4ccc(C(=O)NC)c(F)c4)CC[C@@H]32)cc1C(F)(F)F. The van der Waals surface area contributed by atoms with Crippen molar-refractivity contribution >= 4 is 28.9 Å². The molecule has 2 aromatic rings. The average Bonchev–Trinajstić information content (AvgIpc) is 3.07. The minimum Gasteiger partial charge on any atom is -0.355 e. The van der Waals surface area contributed by atoms with Crippen LogP contribution in [0.1, 0.15) is 34.3 Å². The minimum atomic E-state index is -4.73. The van der Waals surface area contributed by atoms with Gasteiger partial charge in [-0.25, -0.2) is 14.0 Å². The van der Waals surface area contributed by atoms with E-state index >= 15 is 0 Å². The molecule has 3 amide bonds. The van der Waals surface area contributed by atoms with Gasteiger partial charge in [-0.3, -0.25) is 9.69 Å². The largest absolute Gasteiger partial charge is 0.407 e. The molecule has 1 heterocycles. The van der Waals surface area contributed by atoms with Gasteiger partial charge in [0, 0.05) is 19.8 Å². The van der Waals surface area contributed by atoms with E-state index in [4.69, 9.17) is 6.57 Å². The van der Waals surface area contributed by atoms with Gasteiger partial charge in [-0.2, -0.15) is 13.2 Å². The monoisotopic (exact) mass is 472 g/mol. The molecule has 0 saturated carbocycles. The van der Waals surface area contributed by atoms with Crippen LogP contribution in [0.25, 0.3) is 10.4 Å². The van der Waals surface area contributed by atoms with E-state index in [0.717, 1.165) is 17.7 Å². The van der Waals surface area contributed by atoms with Crippen molar-refractivity contribution in [3.8, 4) is 0 Å². The lowest BCUT2D eigenvalue weighted by atomic mass is 9.87. The maximum Gasteiger partial charge on any atom is 0.407 e. The molecule has 0 bridgehead atoms. The third-order valence-electron chi connectivity index (χ3n) is 6.26. The van der Waals surface area contributed by atoms with E-state index in [1.807, 2.05) is 6.08 Å². The Hall–Kier alpha value is -3.87. The number of amides is 3. The molecule has 1 saturated heterocycles. The minimum absolute atomic E-state index is 0.0712. The van der Waals surface area contributed by atoms with Crippen molar-refractivity contribution in [1.82, 2.24) is 10.2 Å². The molecule has 176 valence electrons. The zero-order valence-electron chi connectivity index (χ0n) is 18.3. The summed E-state index contributed by atoms with van der Waals surface area (Å²) in [5.41, 5.74) is -0.267. The van der Waals surface area contributed by atoms with E-state index in [1.165, 1.54) is 35.0 Å². The van der Waals surface area contributed by atoms with Crippen molar-refractivity contribution in [1.29, 1.82) is 0 Å². The third kappa shape index (κ3) is 3.87. The van der Waals surface area contributed by atoms with Crippen LogP contribution in [-0.4, -0.2) is 43.0 Å². The number of benzene rings is 2. The van der Waals surface area contributed by atoms with Gasteiger partial charge >= 0.3 is 12.2 Å². The van der Waals surface area contributed by atoms with Crippen molar-refractivity contribution in [3.05, 3.63) is 76.4 Å². The van der Waals surface area contributed by atoms with E-state index in [-0.39, 0.29) is 11.3 Å². The number of likely N-dealkylation sites (N-methyl/N-ethyl adjacent to an activating group) is 1. The van der Waals surface area contributed by atoms with E-state index < -0.39 is 47.3 Å². The fraction of sp³-hybridized carbons (Fsp3) is 0.292. The van der Waals surface area contributed by atoms with Crippen LogP contribution in [-0.2, 0) is 6.18 Å². The summed E-state index contributed by atoms with van der Waals surface area (Å²) in [6, 6.07) is 6.24. The molecule has 10 heteroatoms. The first kappa shape index (κ1) is 23.3. The van der Waals surface area contributed by atoms with Crippen LogP contribution in [0.3, 0.4) is 0 Å². The highest BCUT2D eigenvalue weighted by Gasteiger charge is 2.46. The van der Waals surface area contributed by atoms with Crippen LogP contribution in [0.4, 0.5) is 33.7 Å². The Morgan fingerprint density at radius 2 is 1.94 bits per heavy atom. The van der Waals surface area contributed by atoms with Gasteiger partial charge in [-0.05, 0) is 48.2 Å². The Kier molecular flexibility index (Phi) is 5.81. The second kappa shape index (κ2) is 8.48. The number of carbonyl (C=O) groups excluding carboxylic acids is 2. The number of allylic oxidation sites excluding steroid dienone is 1. The smallest absolute Gasteiger partial charge is 0.355 e. The van der Waals surface area contributed by atoms with Gasteiger partial charge < -0.3 is 10.2 Å². The lowest BCUT2D eigenvalue weighted by Gasteiger charge is -2.30. The number of fused-ring (bicyclic) bond motifs is 1. The first-order valence-electron chi connectivity index (χ1n) is 10.4. The number of halogens is 4. The van der Waals surface area contributed by atoms with Crippen molar-refractivity contribution in [3.63, 3.8) is 0 Å². The van der Waals surface area contributed by atoms with Crippen LogP contribution >= 0.6 is 0 Å². The van der Waals surface area contributed by atoms with Crippen molar-refractivity contribution in [2.24, 2.45) is 0 Å². The fourth-order valence-electron chi connectivity index (χ4n) is 4.54. The number of alkyl halides is 3. The summed E-state index contributed by atoms with van der Waals surface area (Å²) in [6.07, 6.45) is -2.01. The summed E-state index contributed by atoms with van der Waals surface area (Å²) in [7, 11) is 2.97. The maximum atomic E-state index is 14.5. The van der Waals surface area contributed by atoms with Gasteiger partial charge in [-0.15, -0.1) is 0 Å². The third-order valence-corrected chi connectivity index (χ3v) is 6.26. The van der Waals surface area contributed by atoms with Crippen molar-refractivity contribution in [2.75, 3.05) is 19.0 Å². The lowest BCUT2D eigenvalue weighted by Crippen LogP contribution is -2.38. The standard InChI is InChI=1S/C24H20F4N4O2/c1-29-19-8-6-15(12-17(19)24(26,27)28)32-20-9-5-14(11-21(20)31(3)23(32)34)13-4-7-16(18(25)10-13)22(33)30-2/h4,6-8,10-12,20-21H,5,9H2,2-3H3,(H,30,33)/t20-,21-/m0/s1. The quantitative estimate of drug-likeness (QED) is 0.491. The van der Waals surface area contributed by atoms with Gasteiger partial charge in [-0.1, -0.05) is 18.2 Å². The summed E-state index contributed by atoms with van der Waals surface area (Å²) in [6.45, 7) is 7.01. The zero-order chi connectivity index (χ0) is 24.8. The Balaban J connectivity index is 1.68. The first-order valence-corrected chi connectivity index (χ1v) is 10.4. The molecule has 0 radical (unpaired) electrons. The molecule has 1 aliphatic carbocycles. The molecule has 0 spiro atoms. The Labute approximate surface area is 193 Å². The molecule has 2 aliphatic rings. The number of nitrogens with one attached hydrogen (secondary N) is 1. The molecular weight excluding hydrogens is 452 g/mol. The molecule has 4 rings (SSSR count). The van der Waals surface area contributed by atoms with E-state index in [0.29, 0.717) is 18.4 Å².